The van der Waals surface area contributed by atoms with E-state index in [4.69, 9.17) is 4.18 Å². The van der Waals surface area contributed by atoms with Crippen LogP contribution in [0.3, 0.4) is 0 Å². The van der Waals surface area contributed by atoms with E-state index in [1.54, 1.807) is 24.3 Å². The van der Waals surface area contributed by atoms with Gasteiger partial charge < -0.3 is 9.17 Å². The van der Waals surface area contributed by atoms with Gasteiger partial charge in [0, 0.05) is 27.2 Å². The van der Waals surface area contributed by atoms with Crippen LogP contribution in [0.15, 0.2) is 77.7 Å². The summed E-state index contributed by atoms with van der Waals surface area (Å²) in [6.07, 6.45) is 0. The molecular weight excluding hydrogens is 382 g/mol. The van der Waals surface area contributed by atoms with Crippen LogP contribution in [0.5, 0.6) is 5.75 Å². The van der Waals surface area contributed by atoms with Crippen molar-refractivity contribution in [2.45, 2.75) is 18.7 Å². The van der Waals surface area contributed by atoms with Gasteiger partial charge in [-0.15, -0.1) is 0 Å². The van der Waals surface area contributed by atoms with Gasteiger partial charge in [-0.25, -0.2) is 0 Å². The van der Waals surface area contributed by atoms with E-state index in [0.717, 1.165) is 38.3 Å². The summed E-state index contributed by atoms with van der Waals surface area (Å²) >= 11 is 0. The minimum absolute atomic E-state index is 0.169. The molecule has 0 radical (unpaired) electrons. The third-order valence-electron chi connectivity index (χ3n) is 5.36. The maximum Gasteiger partial charge on any atom is 0.339 e. The number of H-pyrrole nitrogens is 1. The van der Waals surface area contributed by atoms with Crippen molar-refractivity contribution in [1.29, 1.82) is 0 Å². The fraction of sp³-hybridized carbons (Fsp3) is 0.0833. The Kier molecular flexibility index (Phi) is 3.89. The van der Waals surface area contributed by atoms with E-state index in [-0.39, 0.29) is 4.90 Å². The maximum absolute atomic E-state index is 13.1. The Morgan fingerprint density at radius 2 is 1.55 bits per heavy atom. The Morgan fingerprint density at radius 3 is 2.41 bits per heavy atom. The SMILES string of the molecule is Cc1ccc2c(c1)[nH]c1c(C)c(OS(=O)(=O)c3cccc4ccccc34)ccc12. The minimum atomic E-state index is -3.98. The molecule has 0 saturated heterocycles. The Labute approximate surface area is 168 Å². The number of aromatic nitrogens is 1. The lowest BCUT2D eigenvalue weighted by Crippen LogP contribution is -2.11. The van der Waals surface area contributed by atoms with E-state index in [2.05, 4.69) is 23.2 Å². The molecule has 0 amide bonds. The molecular formula is C24H19NO3S. The first kappa shape index (κ1) is 17.8. The van der Waals surface area contributed by atoms with E-state index < -0.39 is 10.1 Å². The molecule has 0 fully saturated rings. The summed E-state index contributed by atoms with van der Waals surface area (Å²) in [6, 6.07) is 22.5. The predicted molar refractivity (Wildman–Crippen MR) is 117 cm³/mol. The van der Waals surface area contributed by atoms with Gasteiger partial charge >= 0.3 is 10.1 Å². The van der Waals surface area contributed by atoms with Crippen LogP contribution in [-0.2, 0) is 10.1 Å². The van der Waals surface area contributed by atoms with Crippen LogP contribution < -0.4 is 4.18 Å². The summed E-state index contributed by atoms with van der Waals surface area (Å²) in [7, 11) is -3.98. The van der Waals surface area contributed by atoms with Crippen molar-refractivity contribution in [2.75, 3.05) is 0 Å². The third-order valence-corrected chi connectivity index (χ3v) is 6.65. The van der Waals surface area contributed by atoms with E-state index >= 15 is 0 Å². The summed E-state index contributed by atoms with van der Waals surface area (Å²) in [5.74, 6) is 0.328. The Bertz CT molecular complexity index is 1510. The highest BCUT2D eigenvalue weighted by Crippen LogP contribution is 2.34. The van der Waals surface area contributed by atoms with Crippen molar-refractivity contribution in [3.8, 4) is 5.75 Å². The van der Waals surface area contributed by atoms with Crippen molar-refractivity contribution in [1.82, 2.24) is 4.98 Å². The van der Waals surface area contributed by atoms with Crippen LogP contribution in [0, 0.1) is 13.8 Å². The van der Waals surface area contributed by atoms with Gasteiger partial charge in [0.15, 0.2) is 0 Å². The molecule has 5 rings (SSSR count). The van der Waals surface area contributed by atoms with Crippen LogP contribution in [0.1, 0.15) is 11.1 Å². The van der Waals surface area contributed by atoms with Crippen molar-refractivity contribution < 1.29 is 12.6 Å². The lowest BCUT2D eigenvalue weighted by Gasteiger charge is -2.12. The molecule has 29 heavy (non-hydrogen) atoms. The molecule has 144 valence electrons. The molecule has 0 spiro atoms. The summed E-state index contributed by atoms with van der Waals surface area (Å²) in [6.45, 7) is 3.92. The number of hydrogen-bond acceptors (Lipinski definition) is 3. The lowest BCUT2D eigenvalue weighted by molar-refractivity contribution is 0.485. The van der Waals surface area contributed by atoms with Gasteiger partial charge in [0.25, 0.3) is 0 Å². The molecule has 5 aromatic rings. The first-order valence-electron chi connectivity index (χ1n) is 9.38. The van der Waals surface area contributed by atoms with Gasteiger partial charge in [0.05, 0.1) is 5.52 Å². The first-order valence-corrected chi connectivity index (χ1v) is 10.8. The largest absolute Gasteiger partial charge is 0.379 e. The van der Waals surface area contributed by atoms with Crippen molar-refractivity contribution in [2.24, 2.45) is 0 Å². The number of hydrogen-bond donors (Lipinski definition) is 1. The molecule has 0 atom stereocenters. The average molecular weight is 401 g/mol. The Hall–Kier alpha value is -3.31. The molecule has 5 heteroatoms. The molecule has 1 aromatic heterocycles. The minimum Gasteiger partial charge on any atom is -0.379 e. The number of aromatic amines is 1. The Morgan fingerprint density at radius 1 is 0.793 bits per heavy atom. The van der Waals surface area contributed by atoms with Crippen molar-refractivity contribution in [3.63, 3.8) is 0 Å². The summed E-state index contributed by atoms with van der Waals surface area (Å²) < 4.78 is 31.8. The smallest absolute Gasteiger partial charge is 0.339 e. The van der Waals surface area contributed by atoms with Crippen LogP contribution in [-0.4, -0.2) is 13.4 Å². The zero-order chi connectivity index (χ0) is 20.2. The van der Waals surface area contributed by atoms with Gasteiger partial charge in [0.1, 0.15) is 10.6 Å². The first-order chi connectivity index (χ1) is 13.9. The zero-order valence-corrected chi connectivity index (χ0v) is 16.9. The fourth-order valence-electron chi connectivity index (χ4n) is 3.88. The van der Waals surface area contributed by atoms with Crippen LogP contribution in [0.4, 0.5) is 0 Å². The second-order valence-electron chi connectivity index (χ2n) is 7.30. The fourth-order valence-corrected chi connectivity index (χ4v) is 5.08. The van der Waals surface area contributed by atoms with Gasteiger partial charge in [-0.05, 0) is 49.1 Å². The monoisotopic (exact) mass is 401 g/mol. The normalized spacial score (nSPS) is 12.1. The molecule has 0 unspecified atom stereocenters. The number of rotatable bonds is 3. The van der Waals surface area contributed by atoms with Crippen LogP contribution >= 0.6 is 0 Å². The van der Waals surface area contributed by atoms with E-state index in [0.29, 0.717) is 11.1 Å². The third kappa shape index (κ3) is 2.86. The summed E-state index contributed by atoms with van der Waals surface area (Å²) in [5, 5.41) is 3.66. The quantitative estimate of drug-likeness (QED) is 0.385. The van der Waals surface area contributed by atoms with Crippen molar-refractivity contribution in [3.05, 3.63) is 83.9 Å². The van der Waals surface area contributed by atoms with Crippen LogP contribution in [0.25, 0.3) is 32.6 Å². The molecule has 0 aliphatic carbocycles. The van der Waals surface area contributed by atoms with Crippen LogP contribution in [0.2, 0.25) is 0 Å². The number of benzene rings is 4. The summed E-state index contributed by atoms with van der Waals surface area (Å²) in [4.78, 5) is 3.58. The zero-order valence-electron chi connectivity index (χ0n) is 16.1. The van der Waals surface area contributed by atoms with Gasteiger partial charge in [0.2, 0.25) is 0 Å². The number of nitrogens with one attached hydrogen (secondary N) is 1. The molecule has 1 N–H and O–H groups in total. The predicted octanol–water partition coefficient (Wildman–Crippen LogP) is 5.86. The highest BCUT2D eigenvalue weighted by molar-refractivity contribution is 7.87. The number of aryl methyl sites for hydroxylation is 2. The molecule has 1 heterocycles. The molecule has 4 nitrogen and oxygen atoms in total. The maximum atomic E-state index is 13.1. The average Bonchev–Trinajstić information content (AvgIpc) is 3.08. The summed E-state index contributed by atoms with van der Waals surface area (Å²) in [5.41, 5.74) is 3.84. The molecule has 0 aliphatic heterocycles. The van der Waals surface area contributed by atoms with Gasteiger partial charge in [-0.1, -0.05) is 48.5 Å². The molecule has 0 bridgehead atoms. The van der Waals surface area contributed by atoms with E-state index in [9.17, 15) is 8.42 Å². The molecule has 0 saturated carbocycles. The topological polar surface area (TPSA) is 59.2 Å². The second-order valence-corrected chi connectivity index (χ2v) is 8.81. The lowest BCUT2D eigenvalue weighted by atomic mass is 10.1. The highest BCUT2D eigenvalue weighted by Gasteiger charge is 2.21. The van der Waals surface area contributed by atoms with Gasteiger partial charge in [-0.2, -0.15) is 8.42 Å². The number of fused-ring (bicyclic) bond motifs is 4. The van der Waals surface area contributed by atoms with E-state index in [1.807, 2.05) is 44.2 Å². The second kappa shape index (κ2) is 6.36. The van der Waals surface area contributed by atoms with Crippen molar-refractivity contribution >= 4 is 42.7 Å². The molecule has 4 aromatic carbocycles. The van der Waals surface area contributed by atoms with Gasteiger partial charge in [-0.3, -0.25) is 0 Å². The standard InChI is InChI=1S/C24H19NO3S/c1-15-10-11-19-20-12-13-22(16(2)24(20)25-21(19)14-15)28-29(26,27)23-9-5-7-17-6-3-4-8-18(17)23/h3-14,25H,1-2H3. The van der Waals surface area contributed by atoms with E-state index in [1.165, 1.54) is 0 Å². The molecule has 0 aliphatic rings. The highest BCUT2D eigenvalue weighted by atomic mass is 32.2. The Balaban J connectivity index is 1.64.